The number of carbonyl (C=O) groups is 1. The smallest absolute Gasteiger partial charge is 0.216 e. The fourth-order valence-electron chi connectivity index (χ4n) is 1.96. The molecule has 1 aromatic carbocycles. The van der Waals surface area contributed by atoms with Gasteiger partial charge in [0.1, 0.15) is 12.0 Å². The molecular weight excluding hydrogens is 332 g/mol. The number of carbonyl (C=O) groups excluding carboxylic acids is 1. The van der Waals surface area contributed by atoms with E-state index >= 15 is 0 Å². The molecule has 0 saturated heterocycles. The van der Waals surface area contributed by atoms with Crippen LogP contribution < -0.4 is 0 Å². The van der Waals surface area contributed by atoms with Gasteiger partial charge in [-0.25, -0.2) is 9.97 Å². The fourth-order valence-corrected chi connectivity index (χ4v) is 2.40. The summed E-state index contributed by atoms with van der Waals surface area (Å²) in [6.45, 7) is 0.609. The molecule has 0 spiro atoms. The molecule has 0 amide bonds. The maximum atomic E-state index is 12.2. The maximum Gasteiger partial charge on any atom is 0.216 e. The highest BCUT2D eigenvalue weighted by Crippen LogP contribution is 2.13. The summed E-state index contributed by atoms with van der Waals surface area (Å²) >= 11 is 3.44. The lowest BCUT2D eigenvalue weighted by atomic mass is 10.2. The first kappa shape index (κ1) is 13.6. The summed E-state index contributed by atoms with van der Waals surface area (Å²) in [5.41, 5.74) is 1.93. The third-order valence-corrected chi connectivity index (χ3v) is 3.42. The molecule has 0 fully saturated rings. The van der Waals surface area contributed by atoms with Gasteiger partial charge < -0.3 is 0 Å². The minimum absolute atomic E-state index is 0.177. The largest absolute Gasteiger partial charge is 0.287 e. The highest BCUT2D eigenvalue weighted by Gasteiger charge is 2.12. The highest BCUT2D eigenvalue weighted by atomic mass is 79.9. The number of hydrogen-bond donors (Lipinski definition) is 0. The number of rotatable bonds is 4. The van der Waals surface area contributed by atoms with Gasteiger partial charge in [0.15, 0.2) is 0 Å². The molecule has 0 aliphatic carbocycles. The van der Waals surface area contributed by atoms with E-state index in [-0.39, 0.29) is 5.78 Å². The number of ketones is 1. The van der Waals surface area contributed by atoms with Crippen LogP contribution in [0.1, 0.15) is 21.6 Å². The zero-order valence-corrected chi connectivity index (χ0v) is 12.6. The van der Waals surface area contributed by atoms with Crippen LogP contribution in [0.25, 0.3) is 0 Å². The van der Waals surface area contributed by atoms with Crippen LogP contribution in [0.3, 0.4) is 0 Å². The van der Waals surface area contributed by atoms with Gasteiger partial charge in [-0.1, -0.05) is 28.1 Å². The molecule has 2 heterocycles. The van der Waals surface area contributed by atoms with Crippen molar-refractivity contribution in [2.75, 3.05) is 0 Å². The third-order valence-electron chi connectivity index (χ3n) is 2.93. The van der Waals surface area contributed by atoms with Gasteiger partial charge in [-0.2, -0.15) is 5.10 Å². The van der Waals surface area contributed by atoms with E-state index in [1.165, 1.54) is 18.7 Å². The Morgan fingerprint density at radius 1 is 1.19 bits per heavy atom. The van der Waals surface area contributed by atoms with Gasteiger partial charge in [-0.3, -0.25) is 9.48 Å². The molecule has 0 atom stereocenters. The predicted molar refractivity (Wildman–Crippen MR) is 80.9 cm³/mol. The van der Waals surface area contributed by atoms with E-state index in [1.807, 2.05) is 24.3 Å². The second kappa shape index (κ2) is 5.97. The normalized spacial score (nSPS) is 10.5. The summed E-state index contributed by atoms with van der Waals surface area (Å²) < 4.78 is 2.75. The van der Waals surface area contributed by atoms with E-state index in [2.05, 4.69) is 31.0 Å². The molecule has 0 aliphatic rings. The Morgan fingerprint density at radius 2 is 2.00 bits per heavy atom. The van der Waals surface area contributed by atoms with E-state index in [4.69, 9.17) is 0 Å². The number of halogens is 1. The summed E-state index contributed by atoms with van der Waals surface area (Å²) in [5, 5.41) is 4.31. The molecular formula is C15H11BrN4O. The van der Waals surface area contributed by atoms with Crippen LogP contribution in [-0.4, -0.2) is 25.5 Å². The summed E-state index contributed by atoms with van der Waals surface area (Å²) in [5.74, 6) is -0.177. The van der Waals surface area contributed by atoms with Crippen molar-refractivity contribution in [3.8, 4) is 0 Å². The number of benzene rings is 1. The second-order valence-corrected chi connectivity index (χ2v) is 5.40. The molecule has 3 rings (SSSR count). The lowest BCUT2D eigenvalue weighted by Crippen LogP contribution is -2.06. The first-order valence-corrected chi connectivity index (χ1v) is 7.09. The molecule has 104 valence electrons. The van der Waals surface area contributed by atoms with E-state index in [9.17, 15) is 4.79 Å². The van der Waals surface area contributed by atoms with Crippen LogP contribution in [0.15, 0.2) is 59.7 Å². The first-order valence-electron chi connectivity index (χ1n) is 6.30. The molecule has 6 heteroatoms. The standard InChI is InChI=1S/C15H11BrN4O/c16-13-3-1-2-11(6-13)9-20-5-4-14(19-20)15(21)12-7-17-10-18-8-12/h1-8,10H,9H2. The Hall–Kier alpha value is -2.34. The first-order chi connectivity index (χ1) is 10.2. The van der Waals surface area contributed by atoms with Crippen molar-refractivity contribution in [3.63, 3.8) is 0 Å². The minimum Gasteiger partial charge on any atom is -0.287 e. The monoisotopic (exact) mass is 342 g/mol. The Labute approximate surface area is 129 Å². The average Bonchev–Trinajstić information content (AvgIpc) is 2.96. The van der Waals surface area contributed by atoms with E-state index in [0.29, 0.717) is 17.8 Å². The maximum absolute atomic E-state index is 12.2. The average molecular weight is 343 g/mol. The van der Waals surface area contributed by atoms with Crippen molar-refractivity contribution in [2.24, 2.45) is 0 Å². The zero-order valence-electron chi connectivity index (χ0n) is 11.0. The Morgan fingerprint density at radius 3 is 2.76 bits per heavy atom. The van der Waals surface area contributed by atoms with Crippen molar-refractivity contribution < 1.29 is 4.79 Å². The van der Waals surface area contributed by atoms with Crippen molar-refractivity contribution in [1.29, 1.82) is 0 Å². The molecule has 0 bridgehead atoms. The van der Waals surface area contributed by atoms with Crippen LogP contribution in [-0.2, 0) is 6.54 Å². The number of hydrogen-bond acceptors (Lipinski definition) is 4. The molecule has 0 N–H and O–H groups in total. The molecule has 5 nitrogen and oxygen atoms in total. The van der Waals surface area contributed by atoms with Crippen molar-refractivity contribution >= 4 is 21.7 Å². The van der Waals surface area contributed by atoms with E-state index in [0.717, 1.165) is 10.0 Å². The summed E-state index contributed by atoms with van der Waals surface area (Å²) in [6.07, 6.45) is 6.16. The molecule has 0 saturated carbocycles. The van der Waals surface area contributed by atoms with Crippen LogP contribution >= 0.6 is 15.9 Å². The summed E-state index contributed by atoms with van der Waals surface area (Å²) in [7, 11) is 0. The van der Waals surface area contributed by atoms with Crippen LogP contribution in [0.5, 0.6) is 0 Å². The lowest BCUT2D eigenvalue weighted by molar-refractivity contribution is 0.103. The van der Waals surface area contributed by atoms with Crippen molar-refractivity contribution in [3.05, 3.63) is 76.5 Å². The molecule has 3 aromatic rings. The molecule has 21 heavy (non-hydrogen) atoms. The van der Waals surface area contributed by atoms with Gasteiger partial charge in [0.05, 0.1) is 12.1 Å². The van der Waals surface area contributed by atoms with Crippen LogP contribution in [0.4, 0.5) is 0 Å². The second-order valence-electron chi connectivity index (χ2n) is 4.48. The zero-order chi connectivity index (χ0) is 14.7. The number of nitrogens with zero attached hydrogens (tertiary/aromatic N) is 4. The van der Waals surface area contributed by atoms with E-state index < -0.39 is 0 Å². The molecule has 2 aromatic heterocycles. The topological polar surface area (TPSA) is 60.7 Å². The van der Waals surface area contributed by atoms with Gasteiger partial charge >= 0.3 is 0 Å². The van der Waals surface area contributed by atoms with Crippen molar-refractivity contribution in [2.45, 2.75) is 6.54 Å². The lowest BCUT2D eigenvalue weighted by Gasteiger charge is -2.02. The summed E-state index contributed by atoms with van der Waals surface area (Å²) in [4.78, 5) is 19.9. The quantitative estimate of drug-likeness (QED) is 0.684. The summed E-state index contributed by atoms with van der Waals surface area (Å²) in [6, 6.07) is 9.67. The fraction of sp³-hybridized carbons (Fsp3) is 0.0667. The number of aromatic nitrogens is 4. The van der Waals surface area contributed by atoms with Crippen molar-refractivity contribution in [1.82, 2.24) is 19.7 Å². The highest BCUT2D eigenvalue weighted by molar-refractivity contribution is 9.10. The van der Waals surface area contributed by atoms with Gasteiger partial charge in [-0.05, 0) is 23.8 Å². The van der Waals surface area contributed by atoms with Gasteiger partial charge in [0, 0.05) is 23.1 Å². The molecule has 0 aliphatic heterocycles. The van der Waals surface area contributed by atoms with Gasteiger partial charge in [-0.15, -0.1) is 0 Å². The van der Waals surface area contributed by atoms with Crippen LogP contribution in [0.2, 0.25) is 0 Å². The third kappa shape index (κ3) is 3.22. The van der Waals surface area contributed by atoms with E-state index in [1.54, 1.807) is 16.9 Å². The van der Waals surface area contributed by atoms with Gasteiger partial charge in [0.2, 0.25) is 5.78 Å². The molecule has 0 radical (unpaired) electrons. The molecule has 0 unspecified atom stereocenters. The SMILES string of the molecule is O=C(c1cncnc1)c1ccn(Cc2cccc(Br)c2)n1. The van der Waals surface area contributed by atoms with Crippen LogP contribution in [0, 0.1) is 0 Å². The Kier molecular flexibility index (Phi) is 3.87. The predicted octanol–water partition coefficient (Wildman–Crippen LogP) is 2.71. The minimum atomic E-state index is -0.177. The Balaban J connectivity index is 1.79. The Bertz CT molecular complexity index is 770. The van der Waals surface area contributed by atoms with Gasteiger partial charge in [0.25, 0.3) is 0 Å².